The molecule has 1 saturated heterocycles. The molecule has 5 nitrogen and oxygen atoms in total. The number of anilines is 1. The van der Waals surface area contributed by atoms with Crippen LogP contribution in [0.4, 0.5) is 5.69 Å². The largest absolute Gasteiger partial charge is 0.380 e. The number of nitrogens with zero attached hydrogens (tertiary/aromatic N) is 3. The molecule has 1 aromatic heterocycles. The van der Waals surface area contributed by atoms with Gasteiger partial charge in [0.25, 0.3) is 5.56 Å². The first-order chi connectivity index (χ1) is 14.7. The molecule has 0 spiro atoms. The molecule has 3 aromatic rings. The second-order valence-corrected chi connectivity index (χ2v) is 8.19. The van der Waals surface area contributed by atoms with Gasteiger partial charge in [-0.05, 0) is 30.4 Å². The summed E-state index contributed by atoms with van der Waals surface area (Å²) in [6.07, 6.45) is 4.80. The molecule has 0 saturated carbocycles. The average molecular weight is 423 g/mol. The van der Waals surface area contributed by atoms with E-state index in [1.165, 1.54) is 10.2 Å². The normalized spacial score (nSPS) is 15.2. The molecule has 2 heterocycles. The summed E-state index contributed by atoms with van der Waals surface area (Å²) in [5.41, 5.74) is 2.78. The van der Waals surface area contributed by atoms with Crippen molar-refractivity contribution < 1.29 is 0 Å². The van der Waals surface area contributed by atoms with Gasteiger partial charge in [0.05, 0.1) is 18.4 Å². The van der Waals surface area contributed by atoms with Gasteiger partial charge in [-0.1, -0.05) is 72.3 Å². The van der Waals surface area contributed by atoms with E-state index < -0.39 is 0 Å². The van der Waals surface area contributed by atoms with Gasteiger partial charge in [0.2, 0.25) is 0 Å². The fourth-order valence-corrected chi connectivity index (χ4v) is 4.09. The number of hydrogen-bond acceptors (Lipinski definition) is 4. The first-order valence-electron chi connectivity index (χ1n) is 10.5. The minimum absolute atomic E-state index is 0.215. The zero-order chi connectivity index (χ0) is 20.8. The molecule has 156 valence electrons. The molecule has 0 radical (unpaired) electrons. The lowest BCUT2D eigenvalue weighted by atomic mass is 10.0. The van der Waals surface area contributed by atoms with Crippen molar-refractivity contribution in [1.29, 1.82) is 0 Å². The highest BCUT2D eigenvalue weighted by Crippen LogP contribution is 2.21. The van der Waals surface area contributed by atoms with Gasteiger partial charge in [0.15, 0.2) is 0 Å². The Hall–Kier alpha value is -2.63. The zero-order valence-electron chi connectivity index (χ0n) is 17.0. The summed E-state index contributed by atoms with van der Waals surface area (Å²) in [7, 11) is 0. The average Bonchev–Trinajstić information content (AvgIpc) is 2.80. The van der Waals surface area contributed by atoms with Crippen molar-refractivity contribution >= 4 is 17.3 Å². The number of nitrogens with one attached hydrogen (secondary N) is 1. The van der Waals surface area contributed by atoms with Crippen molar-refractivity contribution in [2.24, 2.45) is 0 Å². The van der Waals surface area contributed by atoms with Gasteiger partial charge >= 0.3 is 0 Å². The van der Waals surface area contributed by atoms with Crippen LogP contribution in [0.1, 0.15) is 24.0 Å². The Kier molecular flexibility index (Phi) is 6.82. The topological polar surface area (TPSA) is 50.2 Å². The van der Waals surface area contributed by atoms with Gasteiger partial charge < -0.3 is 10.2 Å². The van der Waals surface area contributed by atoms with E-state index in [0.29, 0.717) is 18.3 Å². The van der Waals surface area contributed by atoms with E-state index in [-0.39, 0.29) is 10.6 Å². The van der Waals surface area contributed by atoms with Crippen molar-refractivity contribution in [1.82, 2.24) is 14.7 Å². The third-order valence-electron chi connectivity index (χ3n) is 5.67. The van der Waals surface area contributed by atoms with Crippen LogP contribution in [0.25, 0.3) is 0 Å². The molecule has 2 aromatic carbocycles. The van der Waals surface area contributed by atoms with Gasteiger partial charge in [-0.15, -0.1) is 0 Å². The van der Waals surface area contributed by atoms with Crippen LogP contribution in [-0.4, -0.2) is 40.4 Å². The maximum absolute atomic E-state index is 12.6. The first kappa shape index (κ1) is 20.6. The maximum Gasteiger partial charge on any atom is 0.287 e. The van der Waals surface area contributed by atoms with Crippen molar-refractivity contribution in [3.63, 3.8) is 0 Å². The molecule has 0 aliphatic carbocycles. The van der Waals surface area contributed by atoms with Crippen molar-refractivity contribution in [3.05, 3.63) is 93.4 Å². The third kappa shape index (κ3) is 5.29. The van der Waals surface area contributed by atoms with E-state index in [1.54, 1.807) is 6.20 Å². The highest BCUT2D eigenvalue weighted by Gasteiger charge is 2.20. The fraction of sp³-hybridized carbons (Fsp3) is 0.333. The Labute approximate surface area is 182 Å². The van der Waals surface area contributed by atoms with Crippen molar-refractivity contribution in [2.45, 2.75) is 31.8 Å². The lowest BCUT2D eigenvalue weighted by Crippen LogP contribution is -2.40. The monoisotopic (exact) mass is 422 g/mol. The van der Waals surface area contributed by atoms with Crippen LogP contribution < -0.4 is 10.9 Å². The lowest BCUT2D eigenvalue weighted by molar-refractivity contribution is 0.221. The minimum Gasteiger partial charge on any atom is -0.380 e. The van der Waals surface area contributed by atoms with E-state index in [2.05, 4.69) is 45.6 Å². The highest BCUT2D eigenvalue weighted by molar-refractivity contribution is 6.32. The Balaban J connectivity index is 1.30. The fourth-order valence-electron chi connectivity index (χ4n) is 3.89. The smallest absolute Gasteiger partial charge is 0.287 e. The summed E-state index contributed by atoms with van der Waals surface area (Å²) in [6, 6.07) is 20.7. The SMILES string of the molecule is O=c1c(Cl)c(NC2CCN(CCc3ccccc3)CC2)cnn1Cc1ccccc1. The maximum atomic E-state index is 12.6. The highest BCUT2D eigenvalue weighted by atomic mass is 35.5. The van der Waals surface area contributed by atoms with Crippen LogP contribution in [0.2, 0.25) is 5.02 Å². The van der Waals surface area contributed by atoms with Crippen LogP contribution in [0.5, 0.6) is 0 Å². The van der Waals surface area contributed by atoms with Crippen LogP contribution >= 0.6 is 11.6 Å². The first-order valence-corrected chi connectivity index (χ1v) is 10.9. The molecule has 1 aliphatic heterocycles. The number of rotatable bonds is 7. The molecular weight excluding hydrogens is 396 g/mol. The number of aromatic nitrogens is 2. The molecule has 0 bridgehead atoms. The van der Waals surface area contributed by atoms with Crippen LogP contribution in [0, 0.1) is 0 Å². The summed E-state index contributed by atoms with van der Waals surface area (Å²) in [5, 5.41) is 7.98. The number of hydrogen-bond donors (Lipinski definition) is 1. The van der Waals surface area contributed by atoms with E-state index in [4.69, 9.17) is 11.6 Å². The molecule has 1 N–H and O–H groups in total. The Morgan fingerprint density at radius 1 is 0.967 bits per heavy atom. The van der Waals surface area contributed by atoms with Crippen LogP contribution in [0.3, 0.4) is 0 Å². The van der Waals surface area contributed by atoms with E-state index in [9.17, 15) is 4.79 Å². The summed E-state index contributed by atoms with van der Waals surface area (Å²) < 4.78 is 1.41. The van der Waals surface area contributed by atoms with Gasteiger partial charge in [-0.3, -0.25) is 4.79 Å². The number of halogens is 1. The van der Waals surface area contributed by atoms with Crippen LogP contribution in [-0.2, 0) is 13.0 Å². The van der Waals surface area contributed by atoms with E-state index in [0.717, 1.165) is 44.5 Å². The molecule has 1 aliphatic rings. The Bertz CT molecular complexity index is 999. The lowest BCUT2D eigenvalue weighted by Gasteiger charge is -2.33. The molecule has 4 rings (SSSR count). The van der Waals surface area contributed by atoms with E-state index >= 15 is 0 Å². The predicted molar refractivity (Wildman–Crippen MR) is 122 cm³/mol. The molecule has 0 amide bonds. The molecule has 6 heteroatoms. The van der Waals surface area contributed by atoms with Gasteiger partial charge in [-0.25, -0.2) is 4.68 Å². The molecule has 1 fully saturated rings. The van der Waals surface area contributed by atoms with Gasteiger partial charge in [0, 0.05) is 25.7 Å². The summed E-state index contributed by atoms with van der Waals surface area (Å²) >= 11 is 6.38. The predicted octanol–water partition coefficient (Wildman–Crippen LogP) is 4.06. The standard InChI is InChI=1S/C24H27ClN4O/c25-23-22(17-26-29(24(23)30)18-20-9-5-2-6-10-20)27-21-12-15-28(16-13-21)14-11-19-7-3-1-4-8-19/h1-10,17,21,27H,11-16,18H2. The number of benzene rings is 2. The Morgan fingerprint density at radius 2 is 1.60 bits per heavy atom. The second-order valence-electron chi connectivity index (χ2n) is 7.82. The summed E-state index contributed by atoms with van der Waals surface area (Å²) in [4.78, 5) is 15.1. The zero-order valence-corrected chi connectivity index (χ0v) is 17.8. The van der Waals surface area contributed by atoms with Crippen molar-refractivity contribution in [3.8, 4) is 0 Å². The quantitative estimate of drug-likeness (QED) is 0.623. The Morgan fingerprint density at radius 3 is 2.27 bits per heavy atom. The molecular formula is C24H27ClN4O. The van der Waals surface area contributed by atoms with Crippen LogP contribution in [0.15, 0.2) is 71.7 Å². The van der Waals surface area contributed by atoms with Crippen molar-refractivity contribution in [2.75, 3.05) is 25.0 Å². The van der Waals surface area contributed by atoms with Gasteiger partial charge in [-0.2, -0.15) is 5.10 Å². The third-order valence-corrected chi connectivity index (χ3v) is 6.03. The molecule has 30 heavy (non-hydrogen) atoms. The molecule has 0 unspecified atom stereocenters. The number of likely N-dealkylation sites (tertiary alicyclic amines) is 1. The second kappa shape index (κ2) is 9.92. The number of piperidine rings is 1. The molecule has 0 atom stereocenters. The van der Waals surface area contributed by atoms with E-state index in [1.807, 2.05) is 30.3 Å². The van der Waals surface area contributed by atoms with Gasteiger partial charge in [0.1, 0.15) is 5.02 Å². The summed E-state index contributed by atoms with van der Waals surface area (Å²) in [6.45, 7) is 3.58. The minimum atomic E-state index is -0.259. The summed E-state index contributed by atoms with van der Waals surface area (Å²) in [5.74, 6) is 0.